The number of hydrogen-bond acceptors (Lipinski definition) is 3. The third-order valence-corrected chi connectivity index (χ3v) is 4.58. The Balaban J connectivity index is 2.11. The zero-order valence-corrected chi connectivity index (χ0v) is 14.1. The minimum absolute atomic E-state index is 0.238. The summed E-state index contributed by atoms with van der Waals surface area (Å²) in [5.74, 6) is -0.238. The summed E-state index contributed by atoms with van der Waals surface area (Å²) in [6.45, 7) is 6.06. The molecule has 1 aromatic carbocycles. The molecule has 4 nitrogen and oxygen atoms in total. The van der Waals surface area contributed by atoms with Crippen LogP contribution >= 0.6 is 0 Å². The first-order valence-electron chi connectivity index (χ1n) is 8.25. The van der Waals surface area contributed by atoms with Crippen LogP contribution in [0.15, 0.2) is 30.0 Å². The number of methoxy groups -OCH3 is 1. The van der Waals surface area contributed by atoms with Crippen LogP contribution < -0.4 is 0 Å². The fourth-order valence-corrected chi connectivity index (χ4v) is 3.32. The summed E-state index contributed by atoms with van der Waals surface area (Å²) in [5, 5.41) is 1.22. The average molecular weight is 312 g/mol. The zero-order valence-electron chi connectivity index (χ0n) is 14.1. The molecule has 23 heavy (non-hydrogen) atoms. The molecule has 1 aromatic heterocycles. The number of esters is 1. The number of nitrogens with zero attached hydrogens (tertiary/aromatic N) is 1. The molecule has 4 heteroatoms. The molecule has 0 fully saturated rings. The Hall–Kier alpha value is -2.23. The van der Waals surface area contributed by atoms with Gasteiger partial charge in [-0.05, 0) is 44.4 Å². The van der Waals surface area contributed by atoms with E-state index in [0.717, 1.165) is 37.0 Å². The first-order chi connectivity index (χ1) is 11.1. The van der Waals surface area contributed by atoms with Gasteiger partial charge in [-0.1, -0.05) is 11.6 Å². The van der Waals surface area contributed by atoms with Gasteiger partial charge in [-0.2, -0.15) is 0 Å². The van der Waals surface area contributed by atoms with Crippen molar-refractivity contribution < 1.29 is 9.53 Å². The van der Waals surface area contributed by atoms with E-state index >= 15 is 0 Å². The van der Waals surface area contributed by atoms with Gasteiger partial charge in [0.05, 0.1) is 12.7 Å². The summed E-state index contributed by atoms with van der Waals surface area (Å²) in [4.78, 5) is 18.0. The van der Waals surface area contributed by atoms with E-state index in [9.17, 15) is 4.79 Å². The van der Waals surface area contributed by atoms with Gasteiger partial charge in [0.2, 0.25) is 0 Å². The topological polar surface area (TPSA) is 45.3 Å². The summed E-state index contributed by atoms with van der Waals surface area (Å²) < 4.78 is 5.00. The monoisotopic (exact) mass is 312 g/mol. The third-order valence-electron chi connectivity index (χ3n) is 4.58. The van der Waals surface area contributed by atoms with Crippen LogP contribution in [0.3, 0.4) is 0 Å². The van der Waals surface area contributed by atoms with Crippen LogP contribution in [0, 0.1) is 6.92 Å². The van der Waals surface area contributed by atoms with Crippen LogP contribution in [0.5, 0.6) is 0 Å². The summed E-state index contributed by atoms with van der Waals surface area (Å²) in [7, 11) is 1.45. The van der Waals surface area contributed by atoms with Crippen LogP contribution in [-0.2, 0) is 22.4 Å². The van der Waals surface area contributed by atoms with Crippen molar-refractivity contribution in [3.05, 3.63) is 46.8 Å². The Labute approximate surface area is 137 Å². The number of fused-ring (bicyclic) bond motifs is 3. The highest BCUT2D eigenvalue weighted by atomic mass is 16.5. The van der Waals surface area contributed by atoms with E-state index in [4.69, 9.17) is 4.74 Å². The number of aromatic amines is 1. The number of benzene rings is 1. The quantitative estimate of drug-likeness (QED) is 0.865. The molecular formula is C19H24N2O2. The maximum absolute atomic E-state index is 12.2. The summed E-state index contributed by atoms with van der Waals surface area (Å²) in [6, 6.07) is 6.45. The number of carbonyl (C=O) groups excluding carboxylic acids is 1. The molecule has 0 atom stereocenters. The smallest absolute Gasteiger partial charge is 0.335 e. The minimum Gasteiger partial charge on any atom is -0.466 e. The number of hydrogen-bond donors (Lipinski definition) is 1. The number of aryl methyl sites for hydroxylation is 2. The fraction of sp³-hybridized carbons (Fsp3) is 0.421. The first kappa shape index (κ1) is 15.7. The molecule has 0 amide bonds. The first-order valence-corrected chi connectivity index (χ1v) is 8.25. The predicted molar refractivity (Wildman–Crippen MR) is 92.4 cm³/mol. The second-order valence-corrected chi connectivity index (χ2v) is 6.19. The van der Waals surface area contributed by atoms with E-state index in [0.29, 0.717) is 6.42 Å². The molecule has 0 aliphatic carbocycles. The number of H-pyrrole nitrogens is 1. The number of aromatic nitrogens is 1. The number of ether oxygens (including phenoxy) is 1. The van der Waals surface area contributed by atoms with E-state index in [2.05, 4.69) is 41.9 Å². The molecule has 1 aliphatic rings. The third kappa shape index (κ3) is 3.11. The van der Waals surface area contributed by atoms with Gasteiger partial charge in [0.1, 0.15) is 0 Å². The highest BCUT2D eigenvalue weighted by Gasteiger charge is 2.20. The molecule has 2 aromatic rings. The second kappa shape index (κ2) is 6.49. The van der Waals surface area contributed by atoms with Gasteiger partial charge in [-0.15, -0.1) is 0 Å². The molecule has 0 saturated heterocycles. The second-order valence-electron chi connectivity index (χ2n) is 6.19. The van der Waals surface area contributed by atoms with Gasteiger partial charge in [0.25, 0.3) is 0 Å². The largest absolute Gasteiger partial charge is 0.466 e. The van der Waals surface area contributed by atoms with E-state index < -0.39 is 0 Å². The molecule has 1 aliphatic heterocycles. The Morgan fingerprint density at radius 3 is 2.96 bits per heavy atom. The Morgan fingerprint density at radius 1 is 1.39 bits per heavy atom. The standard InChI is InChI=1S/C19H24N2O2/c1-4-21-9-5-6-17-16(11-14(12-21)19(22)23-3)15-10-13(2)7-8-18(15)20-17/h7-8,10,12,20H,4-6,9,11H2,1-3H3/b14-12+. The van der Waals surface area contributed by atoms with E-state index in [1.54, 1.807) is 0 Å². The van der Waals surface area contributed by atoms with Crippen LogP contribution in [0.1, 0.15) is 30.2 Å². The highest BCUT2D eigenvalue weighted by Crippen LogP contribution is 2.28. The molecular weight excluding hydrogens is 288 g/mol. The van der Waals surface area contributed by atoms with Crippen molar-refractivity contribution in [3.63, 3.8) is 0 Å². The van der Waals surface area contributed by atoms with E-state index in [1.165, 1.54) is 29.3 Å². The molecule has 0 saturated carbocycles. The van der Waals surface area contributed by atoms with Crippen molar-refractivity contribution in [3.8, 4) is 0 Å². The summed E-state index contributed by atoms with van der Waals surface area (Å²) in [6.07, 6.45) is 4.66. The average Bonchev–Trinajstić information content (AvgIpc) is 2.92. The maximum atomic E-state index is 12.2. The van der Waals surface area contributed by atoms with Crippen LogP contribution in [-0.4, -0.2) is 36.1 Å². The number of rotatable bonds is 2. The van der Waals surface area contributed by atoms with E-state index in [1.807, 2.05) is 6.20 Å². The van der Waals surface area contributed by atoms with Gasteiger partial charge >= 0.3 is 5.97 Å². The van der Waals surface area contributed by atoms with Crippen molar-refractivity contribution >= 4 is 16.9 Å². The van der Waals surface area contributed by atoms with Crippen LogP contribution in [0.4, 0.5) is 0 Å². The minimum atomic E-state index is -0.238. The Bertz CT molecular complexity index is 758. The molecule has 0 spiro atoms. The van der Waals surface area contributed by atoms with Crippen molar-refractivity contribution in [1.29, 1.82) is 0 Å². The van der Waals surface area contributed by atoms with Crippen LogP contribution in [0.2, 0.25) is 0 Å². The Morgan fingerprint density at radius 2 is 2.22 bits per heavy atom. The lowest BCUT2D eigenvalue weighted by Gasteiger charge is -2.18. The predicted octanol–water partition coefficient (Wildman–Crippen LogP) is 3.34. The van der Waals surface area contributed by atoms with Crippen molar-refractivity contribution in [2.45, 2.75) is 33.1 Å². The maximum Gasteiger partial charge on any atom is 0.335 e. The lowest BCUT2D eigenvalue weighted by atomic mass is 10.00. The Kier molecular flexibility index (Phi) is 4.42. The van der Waals surface area contributed by atoms with Gasteiger partial charge < -0.3 is 14.6 Å². The molecule has 0 radical (unpaired) electrons. The lowest BCUT2D eigenvalue weighted by molar-refractivity contribution is -0.136. The van der Waals surface area contributed by atoms with E-state index in [-0.39, 0.29) is 5.97 Å². The molecule has 2 heterocycles. The highest BCUT2D eigenvalue weighted by molar-refractivity contribution is 5.92. The molecule has 0 unspecified atom stereocenters. The summed E-state index contributed by atoms with van der Waals surface area (Å²) in [5.41, 5.74) is 5.59. The van der Waals surface area contributed by atoms with Gasteiger partial charge in [0.15, 0.2) is 0 Å². The number of carbonyl (C=O) groups is 1. The molecule has 1 N–H and O–H groups in total. The SMILES string of the molecule is CCN1/C=C(/C(=O)OC)Cc2c([nH]c3ccc(C)cc23)CCC1. The van der Waals surface area contributed by atoms with Gasteiger partial charge in [0, 0.05) is 42.3 Å². The summed E-state index contributed by atoms with van der Waals surface area (Å²) >= 11 is 0. The fourth-order valence-electron chi connectivity index (χ4n) is 3.32. The van der Waals surface area contributed by atoms with Gasteiger partial charge in [-0.25, -0.2) is 4.79 Å². The van der Waals surface area contributed by atoms with Crippen LogP contribution in [0.25, 0.3) is 10.9 Å². The van der Waals surface area contributed by atoms with Crippen molar-refractivity contribution in [1.82, 2.24) is 9.88 Å². The molecule has 3 rings (SSSR count). The normalized spacial score (nSPS) is 17.7. The molecule has 122 valence electrons. The zero-order chi connectivity index (χ0) is 16.4. The van der Waals surface area contributed by atoms with Crippen molar-refractivity contribution in [2.75, 3.05) is 20.2 Å². The number of nitrogens with one attached hydrogen (secondary N) is 1. The lowest BCUT2D eigenvalue weighted by Crippen LogP contribution is -2.20. The molecule has 0 bridgehead atoms. The van der Waals surface area contributed by atoms with Crippen molar-refractivity contribution in [2.24, 2.45) is 0 Å². The van der Waals surface area contributed by atoms with Gasteiger partial charge in [-0.3, -0.25) is 0 Å².